The molecule has 1 amide bonds. The third-order valence-electron chi connectivity index (χ3n) is 15.4. The van der Waals surface area contributed by atoms with Gasteiger partial charge in [-0.3, -0.25) is 9.59 Å². The van der Waals surface area contributed by atoms with Gasteiger partial charge in [-0.15, -0.1) is 0 Å². The van der Waals surface area contributed by atoms with Crippen LogP contribution in [0.15, 0.2) is 36.5 Å². The molecule has 2 unspecified atom stereocenters. The number of allylic oxidation sites excluding steroid dienone is 5. The number of aliphatic hydroxyl groups is 2. The van der Waals surface area contributed by atoms with Crippen LogP contribution in [0.3, 0.4) is 0 Å². The van der Waals surface area contributed by atoms with Crippen LogP contribution in [0.5, 0.6) is 0 Å². The van der Waals surface area contributed by atoms with Crippen LogP contribution in [0, 0.1) is 0 Å². The van der Waals surface area contributed by atoms with Crippen LogP contribution in [-0.2, 0) is 14.3 Å². The minimum Gasteiger partial charge on any atom is -0.466 e. The first kappa shape index (κ1) is 72.1. The molecule has 2 atom stereocenters. The minimum absolute atomic E-state index is 0.00641. The molecule has 6 nitrogen and oxygen atoms in total. The first-order valence-electron chi connectivity index (χ1n) is 33.3. The van der Waals surface area contributed by atoms with E-state index in [-0.39, 0.29) is 18.5 Å². The Morgan fingerprint density at radius 2 is 0.676 bits per heavy atom. The fourth-order valence-corrected chi connectivity index (χ4v) is 10.3. The average molecular weight is 1040 g/mol. The number of rotatable bonds is 62. The summed E-state index contributed by atoms with van der Waals surface area (Å²) in [5.41, 5.74) is 0. The number of ether oxygens (including phenoxy) is 1. The van der Waals surface area contributed by atoms with Crippen LogP contribution >= 0.6 is 0 Å². The van der Waals surface area contributed by atoms with Gasteiger partial charge in [-0.05, 0) is 64.2 Å². The van der Waals surface area contributed by atoms with E-state index in [4.69, 9.17) is 4.74 Å². The van der Waals surface area contributed by atoms with Crippen molar-refractivity contribution in [2.45, 2.75) is 373 Å². The summed E-state index contributed by atoms with van der Waals surface area (Å²) in [6.45, 7) is 4.90. The van der Waals surface area contributed by atoms with Crippen LogP contribution in [0.25, 0.3) is 0 Å². The van der Waals surface area contributed by atoms with Crippen molar-refractivity contribution in [1.82, 2.24) is 5.32 Å². The van der Waals surface area contributed by atoms with Gasteiger partial charge in [0.15, 0.2) is 0 Å². The molecule has 0 aliphatic rings. The third-order valence-corrected chi connectivity index (χ3v) is 15.4. The van der Waals surface area contributed by atoms with Gasteiger partial charge < -0.3 is 20.3 Å². The highest BCUT2D eigenvalue weighted by atomic mass is 16.5. The Hall–Kier alpha value is -1.92. The first-order chi connectivity index (χ1) is 36.5. The van der Waals surface area contributed by atoms with E-state index in [2.05, 4.69) is 43.5 Å². The number of amides is 1. The third kappa shape index (κ3) is 59.3. The van der Waals surface area contributed by atoms with Crippen LogP contribution in [-0.4, -0.2) is 47.4 Å². The number of carbonyl (C=O) groups excluding carboxylic acids is 2. The number of carbonyl (C=O) groups is 2. The lowest BCUT2D eigenvalue weighted by atomic mass is 10.0. The van der Waals surface area contributed by atoms with Crippen molar-refractivity contribution in [3.8, 4) is 0 Å². The number of esters is 1. The Labute approximate surface area is 462 Å². The fraction of sp³-hybridized carbons (Fsp3) is 0.882. The van der Waals surface area contributed by atoms with Gasteiger partial charge in [0.1, 0.15) is 0 Å². The summed E-state index contributed by atoms with van der Waals surface area (Å²) in [5, 5.41) is 23.2. The maximum atomic E-state index is 12.5. The molecule has 0 aromatic rings. The number of aliphatic hydroxyl groups excluding tert-OH is 2. The van der Waals surface area contributed by atoms with Crippen molar-refractivity contribution in [1.29, 1.82) is 0 Å². The second-order valence-electron chi connectivity index (χ2n) is 22.8. The van der Waals surface area contributed by atoms with Crippen molar-refractivity contribution in [3.63, 3.8) is 0 Å². The van der Waals surface area contributed by atoms with Crippen molar-refractivity contribution in [2.24, 2.45) is 0 Å². The summed E-state index contributed by atoms with van der Waals surface area (Å²) in [7, 11) is 0. The largest absolute Gasteiger partial charge is 0.466 e. The van der Waals surface area contributed by atoms with E-state index in [0.29, 0.717) is 19.4 Å². The molecule has 3 N–H and O–H groups in total. The minimum atomic E-state index is -0.849. The lowest BCUT2D eigenvalue weighted by molar-refractivity contribution is -0.143. The van der Waals surface area contributed by atoms with Gasteiger partial charge in [-0.25, -0.2) is 0 Å². The molecule has 0 bridgehead atoms. The number of nitrogens with one attached hydrogen (secondary N) is 1. The lowest BCUT2D eigenvalue weighted by Gasteiger charge is -2.20. The molecular weight excluding hydrogens is 911 g/mol. The van der Waals surface area contributed by atoms with Crippen LogP contribution < -0.4 is 5.32 Å². The zero-order chi connectivity index (χ0) is 53.6. The second-order valence-corrected chi connectivity index (χ2v) is 22.8. The zero-order valence-corrected chi connectivity index (χ0v) is 49.8. The Kier molecular flexibility index (Phi) is 62.0. The first-order valence-corrected chi connectivity index (χ1v) is 33.3. The molecule has 0 aliphatic carbocycles. The molecule has 0 heterocycles. The number of hydrogen-bond donors (Lipinski definition) is 3. The maximum Gasteiger partial charge on any atom is 0.305 e. The second kappa shape index (κ2) is 63.6. The standard InChI is InChI=1S/C68H129NO5/c1-3-5-7-9-11-13-15-17-19-21-22-23-24-25-26-29-32-36-40-44-48-52-56-60-66(71)65(64-70)69-67(72)61-57-53-49-45-41-37-33-30-27-28-31-35-39-43-47-51-55-59-63-74-68(73)62-58-54-50-46-42-38-34-20-18-16-14-12-10-8-6-4-2/h14,16,20,34,56,60,65-66,70-71H,3-13,15,17-19,21-33,35-55,57-59,61-64H2,1-2H3,(H,69,72)/b16-14-,34-20-,60-56+. The highest BCUT2D eigenvalue weighted by Crippen LogP contribution is 2.18. The highest BCUT2D eigenvalue weighted by molar-refractivity contribution is 5.76. The summed E-state index contributed by atoms with van der Waals surface area (Å²) in [6.07, 6.45) is 80.5. The van der Waals surface area contributed by atoms with Gasteiger partial charge in [0.25, 0.3) is 0 Å². The van der Waals surface area contributed by atoms with Gasteiger partial charge in [0.2, 0.25) is 5.91 Å². The lowest BCUT2D eigenvalue weighted by Crippen LogP contribution is -2.45. The molecule has 0 aromatic carbocycles. The van der Waals surface area contributed by atoms with E-state index in [1.54, 1.807) is 6.08 Å². The van der Waals surface area contributed by atoms with Gasteiger partial charge >= 0.3 is 5.97 Å². The molecule has 436 valence electrons. The van der Waals surface area contributed by atoms with Gasteiger partial charge in [0, 0.05) is 12.8 Å². The van der Waals surface area contributed by atoms with Crippen LogP contribution in [0.2, 0.25) is 0 Å². The van der Waals surface area contributed by atoms with E-state index < -0.39 is 12.1 Å². The number of unbranched alkanes of at least 4 members (excludes halogenated alkanes) is 47. The topological polar surface area (TPSA) is 95.9 Å². The summed E-state index contributed by atoms with van der Waals surface area (Å²) in [6, 6.07) is -0.633. The monoisotopic (exact) mass is 1040 g/mol. The van der Waals surface area contributed by atoms with E-state index in [9.17, 15) is 19.8 Å². The van der Waals surface area contributed by atoms with Crippen molar-refractivity contribution in [3.05, 3.63) is 36.5 Å². The molecular formula is C68H129NO5. The molecule has 0 radical (unpaired) electrons. The Bertz CT molecular complexity index is 1200. The normalized spacial score (nSPS) is 12.8. The Morgan fingerprint density at radius 3 is 1.04 bits per heavy atom. The van der Waals surface area contributed by atoms with E-state index in [0.717, 1.165) is 51.4 Å². The molecule has 0 saturated heterocycles. The van der Waals surface area contributed by atoms with E-state index >= 15 is 0 Å². The summed E-state index contributed by atoms with van der Waals surface area (Å²) in [5.74, 6) is -0.0754. The Balaban J connectivity index is 3.44. The smallest absolute Gasteiger partial charge is 0.305 e. The molecule has 0 aromatic heterocycles. The average Bonchev–Trinajstić information content (AvgIpc) is 3.40. The van der Waals surface area contributed by atoms with Crippen molar-refractivity contribution in [2.75, 3.05) is 13.2 Å². The molecule has 74 heavy (non-hydrogen) atoms. The van der Waals surface area contributed by atoms with Crippen molar-refractivity contribution >= 4 is 11.9 Å². The van der Waals surface area contributed by atoms with E-state index in [1.165, 1.54) is 283 Å². The van der Waals surface area contributed by atoms with Gasteiger partial charge in [-0.1, -0.05) is 320 Å². The van der Waals surface area contributed by atoms with Gasteiger partial charge in [0.05, 0.1) is 25.4 Å². The summed E-state index contributed by atoms with van der Waals surface area (Å²) in [4.78, 5) is 24.6. The van der Waals surface area contributed by atoms with Crippen molar-refractivity contribution < 1.29 is 24.5 Å². The maximum absolute atomic E-state index is 12.5. The molecule has 0 spiro atoms. The quantitative estimate of drug-likeness (QED) is 0.0320. The predicted octanol–water partition coefficient (Wildman–Crippen LogP) is 21.1. The highest BCUT2D eigenvalue weighted by Gasteiger charge is 2.18. The zero-order valence-electron chi connectivity index (χ0n) is 49.8. The molecule has 0 aliphatic heterocycles. The summed E-state index contributed by atoms with van der Waals surface area (Å²) >= 11 is 0. The van der Waals surface area contributed by atoms with E-state index in [1.807, 2.05) is 6.08 Å². The predicted molar refractivity (Wildman–Crippen MR) is 324 cm³/mol. The Morgan fingerprint density at radius 1 is 0.378 bits per heavy atom. The summed E-state index contributed by atoms with van der Waals surface area (Å²) < 4.78 is 5.48. The molecule has 0 rings (SSSR count). The van der Waals surface area contributed by atoms with Crippen LogP contribution in [0.4, 0.5) is 0 Å². The van der Waals surface area contributed by atoms with Gasteiger partial charge in [-0.2, -0.15) is 0 Å². The SMILES string of the molecule is CCCCCC/C=C\C/C=C\CCCCCCCC(=O)OCCCCCCCCCCCCCCCCCCCCC(=O)NC(CO)C(O)/C=C/CCCCCCCCCCCCCCCCCCCCCCC. The number of hydrogen-bond acceptors (Lipinski definition) is 5. The molecule has 0 saturated carbocycles. The molecule has 6 heteroatoms. The van der Waals surface area contributed by atoms with Crippen LogP contribution in [0.1, 0.15) is 361 Å². The molecule has 0 fully saturated rings. The fourth-order valence-electron chi connectivity index (χ4n) is 10.3.